The van der Waals surface area contributed by atoms with Gasteiger partial charge in [0, 0.05) is 25.5 Å². The lowest BCUT2D eigenvalue weighted by molar-refractivity contribution is -0.144. The van der Waals surface area contributed by atoms with Gasteiger partial charge in [0.25, 0.3) is 11.8 Å². The summed E-state index contributed by atoms with van der Waals surface area (Å²) in [6, 6.07) is 14.2. The maximum absolute atomic E-state index is 12.5. The van der Waals surface area contributed by atoms with Crippen LogP contribution in [0.1, 0.15) is 39.6 Å². The number of esters is 1. The van der Waals surface area contributed by atoms with Crippen LogP contribution in [0.2, 0.25) is 0 Å². The Labute approximate surface area is 163 Å². The van der Waals surface area contributed by atoms with E-state index in [-0.39, 0.29) is 18.4 Å². The number of rotatable bonds is 7. The Balaban J connectivity index is 1.72. The van der Waals surface area contributed by atoms with Gasteiger partial charge in [0.05, 0.1) is 18.2 Å². The molecule has 1 unspecified atom stereocenters. The second-order valence-corrected chi connectivity index (χ2v) is 6.35. The average Bonchev–Trinajstić information content (AvgIpc) is 2.94. The number of benzene rings is 2. The standard InChI is InChI=1S/C22H21NO5/c1-15(24)28-17(12-11-16-7-3-6-10-20(16)27-2)13-14-23-21(25)18-8-4-5-9-19(18)22(23)26/h3-12,17H,13-14H2,1-2H3/b12-11+. The van der Waals surface area contributed by atoms with E-state index in [1.165, 1.54) is 11.8 Å². The zero-order valence-electron chi connectivity index (χ0n) is 15.8. The van der Waals surface area contributed by atoms with Crippen LogP contribution in [0.3, 0.4) is 0 Å². The van der Waals surface area contributed by atoms with Crippen molar-refractivity contribution in [3.63, 3.8) is 0 Å². The van der Waals surface area contributed by atoms with Crippen molar-refractivity contribution >= 4 is 23.9 Å². The van der Waals surface area contributed by atoms with Crippen molar-refractivity contribution in [1.82, 2.24) is 4.90 Å². The number of hydrogen-bond acceptors (Lipinski definition) is 5. The molecule has 144 valence electrons. The van der Waals surface area contributed by atoms with Crippen molar-refractivity contribution in [3.8, 4) is 5.75 Å². The van der Waals surface area contributed by atoms with E-state index in [9.17, 15) is 14.4 Å². The average molecular weight is 379 g/mol. The van der Waals surface area contributed by atoms with Gasteiger partial charge in [-0.2, -0.15) is 0 Å². The van der Waals surface area contributed by atoms with Crippen LogP contribution in [0, 0.1) is 0 Å². The van der Waals surface area contributed by atoms with Gasteiger partial charge in [-0.3, -0.25) is 19.3 Å². The van der Waals surface area contributed by atoms with Crippen LogP contribution in [-0.4, -0.2) is 42.4 Å². The number of amides is 2. The van der Waals surface area contributed by atoms with Gasteiger partial charge in [0.2, 0.25) is 0 Å². The van der Waals surface area contributed by atoms with Crippen molar-refractivity contribution < 1.29 is 23.9 Å². The Morgan fingerprint density at radius 3 is 2.25 bits per heavy atom. The van der Waals surface area contributed by atoms with Crippen LogP contribution in [0.15, 0.2) is 54.6 Å². The Morgan fingerprint density at radius 1 is 1.04 bits per heavy atom. The van der Waals surface area contributed by atoms with E-state index in [1.54, 1.807) is 43.5 Å². The molecule has 0 radical (unpaired) electrons. The largest absolute Gasteiger partial charge is 0.496 e. The van der Waals surface area contributed by atoms with Crippen LogP contribution >= 0.6 is 0 Å². The zero-order chi connectivity index (χ0) is 20.1. The fraction of sp³-hybridized carbons (Fsp3) is 0.227. The normalized spacial score (nSPS) is 14.3. The van der Waals surface area contributed by atoms with Gasteiger partial charge in [-0.05, 0) is 24.3 Å². The van der Waals surface area contributed by atoms with Crippen molar-refractivity contribution in [2.75, 3.05) is 13.7 Å². The third kappa shape index (κ3) is 4.11. The first-order valence-electron chi connectivity index (χ1n) is 8.95. The lowest BCUT2D eigenvalue weighted by Crippen LogP contribution is -2.33. The minimum Gasteiger partial charge on any atom is -0.496 e. The molecule has 6 heteroatoms. The first kappa shape index (κ1) is 19.4. The molecule has 0 fully saturated rings. The first-order chi connectivity index (χ1) is 13.5. The van der Waals surface area contributed by atoms with Gasteiger partial charge >= 0.3 is 5.97 Å². The van der Waals surface area contributed by atoms with E-state index >= 15 is 0 Å². The second-order valence-electron chi connectivity index (χ2n) is 6.35. The number of para-hydroxylation sites is 1. The number of carbonyl (C=O) groups excluding carboxylic acids is 3. The molecule has 1 heterocycles. The topological polar surface area (TPSA) is 72.9 Å². The summed E-state index contributed by atoms with van der Waals surface area (Å²) in [4.78, 5) is 37.6. The van der Waals surface area contributed by atoms with Gasteiger partial charge in [0.1, 0.15) is 11.9 Å². The molecule has 0 saturated heterocycles. The Kier molecular flexibility index (Phi) is 5.89. The SMILES string of the molecule is COc1ccccc1/C=C/C(CCN1C(=O)c2ccccc2C1=O)OC(C)=O. The predicted octanol–water partition coefficient (Wildman–Crippen LogP) is 3.33. The van der Waals surface area contributed by atoms with E-state index in [2.05, 4.69) is 0 Å². The van der Waals surface area contributed by atoms with Gasteiger partial charge in [0.15, 0.2) is 0 Å². The highest BCUT2D eigenvalue weighted by molar-refractivity contribution is 6.21. The van der Waals surface area contributed by atoms with Crippen molar-refractivity contribution in [2.24, 2.45) is 0 Å². The number of hydrogen-bond donors (Lipinski definition) is 0. The van der Waals surface area contributed by atoms with Crippen LogP contribution < -0.4 is 4.74 Å². The molecule has 1 aliphatic heterocycles. The molecule has 0 bridgehead atoms. The lowest BCUT2D eigenvalue weighted by atomic mass is 10.1. The molecular weight excluding hydrogens is 358 g/mol. The van der Waals surface area contributed by atoms with Crippen molar-refractivity contribution in [3.05, 3.63) is 71.3 Å². The summed E-state index contributed by atoms with van der Waals surface area (Å²) in [5, 5.41) is 0. The maximum Gasteiger partial charge on any atom is 0.303 e. The molecule has 0 aromatic heterocycles. The number of nitrogens with zero attached hydrogens (tertiary/aromatic N) is 1. The van der Waals surface area contributed by atoms with E-state index in [0.29, 0.717) is 23.3 Å². The van der Waals surface area contributed by atoms with E-state index in [0.717, 1.165) is 5.56 Å². The summed E-state index contributed by atoms with van der Waals surface area (Å²) in [5.74, 6) is -0.385. The smallest absolute Gasteiger partial charge is 0.303 e. The van der Waals surface area contributed by atoms with Crippen LogP contribution in [0.4, 0.5) is 0 Å². The molecule has 3 rings (SSSR count). The molecule has 28 heavy (non-hydrogen) atoms. The van der Waals surface area contributed by atoms with Gasteiger partial charge < -0.3 is 9.47 Å². The lowest BCUT2D eigenvalue weighted by Gasteiger charge is -2.18. The summed E-state index contributed by atoms with van der Waals surface area (Å²) >= 11 is 0. The third-order valence-electron chi connectivity index (χ3n) is 4.46. The van der Waals surface area contributed by atoms with E-state index in [1.807, 2.05) is 24.3 Å². The summed E-state index contributed by atoms with van der Waals surface area (Å²) in [7, 11) is 1.58. The Morgan fingerprint density at radius 2 is 1.64 bits per heavy atom. The number of carbonyl (C=O) groups is 3. The zero-order valence-corrected chi connectivity index (χ0v) is 15.8. The van der Waals surface area contributed by atoms with E-state index in [4.69, 9.17) is 9.47 Å². The monoisotopic (exact) mass is 379 g/mol. The number of fused-ring (bicyclic) bond motifs is 1. The second kappa shape index (κ2) is 8.52. The molecule has 2 aromatic carbocycles. The molecule has 2 aromatic rings. The fourth-order valence-corrected chi connectivity index (χ4v) is 3.12. The number of methoxy groups -OCH3 is 1. The van der Waals surface area contributed by atoms with Crippen molar-refractivity contribution in [1.29, 1.82) is 0 Å². The molecule has 6 nitrogen and oxygen atoms in total. The maximum atomic E-state index is 12.5. The third-order valence-corrected chi connectivity index (χ3v) is 4.46. The Hall–Kier alpha value is -3.41. The summed E-state index contributed by atoms with van der Waals surface area (Å²) in [6.07, 6.45) is 3.26. The molecule has 0 saturated carbocycles. The first-order valence-corrected chi connectivity index (χ1v) is 8.95. The predicted molar refractivity (Wildman–Crippen MR) is 104 cm³/mol. The number of imide groups is 1. The highest BCUT2D eigenvalue weighted by atomic mass is 16.5. The fourth-order valence-electron chi connectivity index (χ4n) is 3.12. The molecule has 0 spiro atoms. The minimum absolute atomic E-state index is 0.153. The molecule has 1 aliphatic rings. The van der Waals surface area contributed by atoms with Gasteiger partial charge in [-0.15, -0.1) is 0 Å². The van der Waals surface area contributed by atoms with Crippen molar-refractivity contribution in [2.45, 2.75) is 19.4 Å². The molecule has 2 amide bonds. The summed E-state index contributed by atoms with van der Waals surface area (Å²) < 4.78 is 10.6. The van der Waals surface area contributed by atoms with Crippen LogP contribution in [-0.2, 0) is 9.53 Å². The Bertz CT molecular complexity index is 899. The molecule has 0 aliphatic carbocycles. The van der Waals surface area contributed by atoms with E-state index < -0.39 is 12.1 Å². The van der Waals surface area contributed by atoms with Crippen LogP contribution in [0.25, 0.3) is 6.08 Å². The number of ether oxygens (including phenoxy) is 2. The highest BCUT2D eigenvalue weighted by Gasteiger charge is 2.35. The molecule has 0 N–H and O–H groups in total. The summed E-state index contributed by atoms with van der Waals surface area (Å²) in [5.41, 5.74) is 1.64. The van der Waals surface area contributed by atoms with Gasteiger partial charge in [-0.1, -0.05) is 36.4 Å². The molecule has 1 atom stereocenters. The quantitative estimate of drug-likeness (QED) is 0.545. The highest BCUT2D eigenvalue weighted by Crippen LogP contribution is 2.24. The minimum atomic E-state index is -0.577. The van der Waals surface area contributed by atoms with Gasteiger partial charge in [-0.25, -0.2) is 0 Å². The van der Waals surface area contributed by atoms with Crippen LogP contribution in [0.5, 0.6) is 5.75 Å². The molecular formula is C22H21NO5. The summed E-state index contributed by atoms with van der Waals surface area (Å²) in [6.45, 7) is 1.48.